The standard InChI is InChI=1S/C10H15FN2O/c1-12-10(7-14-2)5-9-4-3-8(11)6-13-9/h3-4,6,10,12H,5,7H2,1-2H3. The van der Waals surface area contributed by atoms with Gasteiger partial charge in [0.1, 0.15) is 5.82 Å². The largest absolute Gasteiger partial charge is 0.383 e. The first kappa shape index (κ1) is 11.1. The van der Waals surface area contributed by atoms with Gasteiger partial charge in [0.2, 0.25) is 0 Å². The molecule has 1 unspecified atom stereocenters. The topological polar surface area (TPSA) is 34.1 Å². The van der Waals surface area contributed by atoms with Crippen LogP contribution in [0.5, 0.6) is 0 Å². The van der Waals surface area contributed by atoms with Crippen molar-refractivity contribution in [1.29, 1.82) is 0 Å². The van der Waals surface area contributed by atoms with Crippen LogP contribution in [0.25, 0.3) is 0 Å². The van der Waals surface area contributed by atoms with E-state index in [2.05, 4.69) is 10.3 Å². The molecule has 4 heteroatoms. The minimum absolute atomic E-state index is 0.220. The molecule has 1 N–H and O–H groups in total. The molecule has 0 aliphatic rings. The van der Waals surface area contributed by atoms with E-state index in [1.54, 1.807) is 13.2 Å². The summed E-state index contributed by atoms with van der Waals surface area (Å²) in [5, 5.41) is 3.11. The Morgan fingerprint density at radius 2 is 2.36 bits per heavy atom. The van der Waals surface area contributed by atoms with Crippen molar-refractivity contribution >= 4 is 0 Å². The smallest absolute Gasteiger partial charge is 0.141 e. The lowest BCUT2D eigenvalue weighted by Crippen LogP contribution is -2.32. The van der Waals surface area contributed by atoms with E-state index >= 15 is 0 Å². The zero-order chi connectivity index (χ0) is 10.4. The van der Waals surface area contributed by atoms with Crippen LogP contribution < -0.4 is 5.32 Å². The number of halogens is 1. The monoisotopic (exact) mass is 198 g/mol. The third-order valence-electron chi connectivity index (χ3n) is 2.02. The number of nitrogens with zero attached hydrogens (tertiary/aromatic N) is 1. The molecule has 3 nitrogen and oxygen atoms in total. The SMILES string of the molecule is CNC(COC)Cc1ccc(F)cn1. The van der Waals surface area contributed by atoms with Gasteiger partial charge in [0.25, 0.3) is 0 Å². The maximum absolute atomic E-state index is 12.6. The minimum Gasteiger partial charge on any atom is -0.383 e. The summed E-state index contributed by atoms with van der Waals surface area (Å²) < 4.78 is 17.6. The Bertz CT molecular complexity index is 263. The molecular formula is C10H15FN2O. The number of likely N-dealkylation sites (N-methyl/N-ethyl adjacent to an activating group) is 1. The lowest BCUT2D eigenvalue weighted by Gasteiger charge is -2.14. The van der Waals surface area contributed by atoms with Gasteiger partial charge in [-0.05, 0) is 19.2 Å². The molecule has 1 heterocycles. The second-order valence-corrected chi connectivity index (χ2v) is 3.11. The molecule has 1 aromatic heterocycles. The molecule has 0 aromatic carbocycles. The Hall–Kier alpha value is -1.00. The summed E-state index contributed by atoms with van der Waals surface area (Å²) in [6.45, 7) is 0.621. The molecule has 0 fully saturated rings. The predicted molar refractivity (Wildman–Crippen MR) is 52.6 cm³/mol. The van der Waals surface area contributed by atoms with Gasteiger partial charge >= 0.3 is 0 Å². The molecule has 1 atom stereocenters. The first-order chi connectivity index (χ1) is 6.76. The van der Waals surface area contributed by atoms with E-state index < -0.39 is 0 Å². The summed E-state index contributed by atoms with van der Waals surface area (Å²) in [7, 11) is 3.52. The number of pyridine rings is 1. The van der Waals surface area contributed by atoms with Crippen LogP contribution in [-0.4, -0.2) is 31.8 Å². The highest BCUT2D eigenvalue weighted by Gasteiger charge is 2.07. The van der Waals surface area contributed by atoms with Gasteiger partial charge in [-0.3, -0.25) is 4.98 Å². The van der Waals surface area contributed by atoms with Crippen molar-refractivity contribution in [3.63, 3.8) is 0 Å². The van der Waals surface area contributed by atoms with E-state index in [9.17, 15) is 4.39 Å². The fourth-order valence-corrected chi connectivity index (χ4v) is 1.23. The number of hydrogen-bond acceptors (Lipinski definition) is 3. The van der Waals surface area contributed by atoms with Gasteiger partial charge in [-0.1, -0.05) is 0 Å². The van der Waals surface area contributed by atoms with Crippen LogP contribution in [0.1, 0.15) is 5.69 Å². The normalized spacial score (nSPS) is 12.8. The van der Waals surface area contributed by atoms with Crippen molar-refractivity contribution in [3.05, 3.63) is 29.8 Å². The summed E-state index contributed by atoms with van der Waals surface area (Å²) >= 11 is 0. The van der Waals surface area contributed by atoms with E-state index in [0.717, 1.165) is 12.1 Å². The number of rotatable bonds is 5. The van der Waals surface area contributed by atoms with E-state index in [1.165, 1.54) is 12.3 Å². The molecule has 0 aliphatic carbocycles. The van der Waals surface area contributed by atoms with Crippen LogP contribution in [0.2, 0.25) is 0 Å². The average molecular weight is 198 g/mol. The Morgan fingerprint density at radius 1 is 1.57 bits per heavy atom. The highest BCUT2D eigenvalue weighted by atomic mass is 19.1. The molecule has 0 radical (unpaired) electrons. The van der Waals surface area contributed by atoms with Crippen LogP contribution in [0.3, 0.4) is 0 Å². The van der Waals surface area contributed by atoms with Crippen molar-refractivity contribution in [3.8, 4) is 0 Å². The lowest BCUT2D eigenvalue weighted by molar-refractivity contribution is 0.169. The van der Waals surface area contributed by atoms with Gasteiger partial charge in [-0.2, -0.15) is 0 Å². The highest BCUT2D eigenvalue weighted by molar-refractivity contribution is 5.06. The average Bonchev–Trinajstić information content (AvgIpc) is 2.20. The van der Waals surface area contributed by atoms with Crippen molar-refractivity contribution in [2.45, 2.75) is 12.5 Å². The van der Waals surface area contributed by atoms with Gasteiger partial charge in [0.15, 0.2) is 0 Å². The number of ether oxygens (including phenoxy) is 1. The minimum atomic E-state index is -0.304. The summed E-state index contributed by atoms with van der Waals surface area (Å²) in [6.07, 6.45) is 1.97. The summed E-state index contributed by atoms with van der Waals surface area (Å²) in [6, 6.07) is 3.33. The molecule has 0 spiro atoms. The van der Waals surface area contributed by atoms with Crippen LogP contribution in [0.15, 0.2) is 18.3 Å². The Kier molecular flexibility index (Phi) is 4.49. The van der Waals surface area contributed by atoms with Crippen LogP contribution in [0, 0.1) is 5.82 Å². The Balaban J connectivity index is 2.53. The van der Waals surface area contributed by atoms with Gasteiger partial charge in [0, 0.05) is 25.3 Å². The molecule has 14 heavy (non-hydrogen) atoms. The van der Waals surface area contributed by atoms with Crippen LogP contribution in [0.4, 0.5) is 4.39 Å². The van der Waals surface area contributed by atoms with Crippen molar-refractivity contribution in [1.82, 2.24) is 10.3 Å². The first-order valence-electron chi connectivity index (χ1n) is 4.53. The second-order valence-electron chi connectivity index (χ2n) is 3.11. The summed E-state index contributed by atoms with van der Waals surface area (Å²) in [5.41, 5.74) is 0.864. The molecule has 1 rings (SSSR count). The number of hydrogen-bond donors (Lipinski definition) is 1. The van der Waals surface area contributed by atoms with Crippen LogP contribution in [-0.2, 0) is 11.2 Å². The first-order valence-corrected chi connectivity index (χ1v) is 4.53. The molecule has 0 saturated heterocycles. The van der Waals surface area contributed by atoms with Crippen molar-refractivity contribution < 1.29 is 9.13 Å². The van der Waals surface area contributed by atoms with Gasteiger partial charge < -0.3 is 10.1 Å². The zero-order valence-electron chi connectivity index (χ0n) is 8.46. The lowest BCUT2D eigenvalue weighted by atomic mass is 10.1. The predicted octanol–water partition coefficient (Wildman–Crippen LogP) is 0.998. The second kappa shape index (κ2) is 5.67. The molecule has 1 aromatic rings. The maximum Gasteiger partial charge on any atom is 0.141 e. The molecular weight excluding hydrogens is 183 g/mol. The maximum atomic E-state index is 12.6. The fraction of sp³-hybridized carbons (Fsp3) is 0.500. The van der Waals surface area contributed by atoms with Crippen LogP contribution >= 0.6 is 0 Å². The third-order valence-corrected chi connectivity index (χ3v) is 2.02. The van der Waals surface area contributed by atoms with E-state index in [-0.39, 0.29) is 11.9 Å². The van der Waals surface area contributed by atoms with Gasteiger partial charge in [0.05, 0.1) is 12.8 Å². The highest BCUT2D eigenvalue weighted by Crippen LogP contribution is 2.02. The van der Waals surface area contributed by atoms with Crippen molar-refractivity contribution in [2.75, 3.05) is 20.8 Å². The Labute approximate surface area is 83.3 Å². The van der Waals surface area contributed by atoms with E-state index in [4.69, 9.17) is 4.74 Å². The summed E-state index contributed by atoms with van der Waals surface area (Å²) in [4.78, 5) is 3.98. The summed E-state index contributed by atoms with van der Waals surface area (Å²) in [5.74, 6) is -0.304. The van der Waals surface area contributed by atoms with Crippen molar-refractivity contribution in [2.24, 2.45) is 0 Å². The molecule has 0 aliphatic heterocycles. The zero-order valence-corrected chi connectivity index (χ0v) is 8.46. The third kappa shape index (κ3) is 3.40. The van der Waals surface area contributed by atoms with Gasteiger partial charge in [-0.15, -0.1) is 0 Å². The molecule has 0 bridgehead atoms. The number of methoxy groups -OCH3 is 1. The molecule has 78 valence electrons. The van der Waals surface area contributed by atoms with E-state index in [0.29, 0.717) is 6.61 Å². The Morgan fingerprint density at radius 3 is 2.86 bits per heavy atom. The molecule has 0 saturated carbocycles. The number of aromatic nitrogens is 1. The van der Waals surface area contributed by atoms with E-state index in [1.807, 2.05) is 7.05 Å². The number of nitrogens with one attached hydrogen (secondary N) is 1. The quantitative estimate of drug-likeness (QED) is 0.766. The molecule has 0 amide bonds. The van der Waals surface area contributed by atoms with Gasteiger partial charge in [-0.25, -0.2) is 4.39 Å². The fourth-order valence-electron chi connectivity index (χ4n) is 1.23.